The molecule has 0 N–H and O–H groups in total. The second-order valence-corrected chi connectivity index (χ2v) is 12.2. The maximum atomic E-state index is 13.6. The second-order valence-electron chi connectivity index (χ2n) is 9.18. The van der Waals surface area contributed by atoms with E-state index in [-0.39, 0.29) is 11.0 Å². The van der Waals surface area contributed by atoms with Gasteiger partial charge in [-0.2, -0.15) is 14.4 Å². The Morgan fingerprint density at radius 1 is 1.13 bits per heavy atom. The van der Waals surface area contributed by atoms with Crippen LogP contribution in [0.15, 0.2) is 82.8 Å². The largest absolute Gasteiger partial charge is 0.377 e. The number of hydrogen-bond acceptors (Lipinski definition) is 7. The summed E-state index contributed by atoms with van der Waals surface area (Å²) in [4.78, 5) is 18.4. The Morgan fingerprint density at radius 3 is 2.61 bits per heavy atom. The average Bonchev–Trinajstić information content (AvgIpc) is 3.59. The van der Waals surface area contributed by atoms with Crippen LogP contribution in [0.25, 0.3) is 10.2 Å². The number of sulfonamides is 1. The van der Waals surface area contributed by atoms with E-state index in [1.165, 1.54) is 44.9 Å². The van der Waals surface area contributed by atoms with Gasteiger partial charge in [0.2, 0.25) is 15.2 Å². The number of aryl methyl sites for hydroxylation is 1. The molecule has 0 radical (unpaired) electrons. The van der Waals surface area contributed by atoms with Crippen LogP contribution in [0.3, 0.4) is 0 Å². The zero-order chi connectivity index (χ0) is 26.7. The standard InChI is InChI=1S/C28H28N4O4S2/c1-20-10-15-25-26(17-20)37-28(30-25)32(29-18-21-7-4-3-5-8-21)27(33)22-11-13-24(14-12-22)38(34,35)31(2)19-23-9-6-16-36-23/h3-5,7-8,10-15,17-18,23H,6,9,16,19H2,1-2H3/b29-18+. The molecular weight excluding hydrogens is 520 g/mol. The molecule has 10 heteroatoms. The number of likely N-dealkylation sites (N-methyl/N-ethyl adjacent to an activating group) is 1. The quantitative estimate of drug-likeness (QED) is 0.226. The molecule has 1 amide bonds. The third kappa shape index (κ3) is 5.68. The highest BCUT2D eigenvalue weighted by atomic mass is 32.2. The van der Waals surface area contributed by atoms with Crippen molar-refractivity contribution >= 4 is 48.8 Å². The van der Waals surface area contributed by atoms with E-state index in [0.29, 0.717) is 23.8 Å². The van der Waals surface area contributed by atoms with Gasteiger partial charge in [0.1, 0.15) is 0 Å². The normalized spacial score (nSPS) is 16.0. The number of nitrogens with zero attached hydrogens (tertiary/aromatic N) is 4. The summed E-state index contributed by atoms with van der Waals surface area (Å²) < 4.78 is 34.0. The molecule has 1 aliphatic rings. The third-order valence-electron chi connectivity index (χ3n) is 6.32. The van der Waals surface area contributed by atoms with Crippen molar-refractivity contribution < 1.29 is 17.9 Å². The van der Waals surface area contributed by atoms with Crippen molar-refractivity contribution in [2.75, 3.05) is 25.2 Å². The molecule has 38 heavy (non-hydrogen) atoms. The molecule has 196 valence electrons. The number of hydrogen-bond donors (Lipinski definition) is 0. The van der Waals surface area contributed by atoms with Crippen LogP contribution in [0.4, 0.5) is 5.13 Å². The average molecular weight is 549 g/mol. The minimum atomic E-state index is -3.72. The van der Waals surface area contributed by atoms with Crippen molar-refractivity contribution in [1.29, 1.82) is 0 Å². The van der Waals surface area contributed by atoms with E-state index in [4.69, 9.17) is 4.74 Å². The zero-order valence-corrected chi connectivity index (χ0v) is 22.8. The summed E-state index contributed by atoms with van der Waals surface area (Å²) in [6.45, 7) is 2.96. The van der Waals surface area contributed by atoms with E-state index in [1.807, 2.05) is 55.5 Å². The molecular formula is C28H28N4O4S2. The second kappa shape index (κ2) is 11.1. The molecule has 1 aliphatic heterocycles. The van der Waals surface area contributed by atoms with Crippen LogP contribution in [-0.2, 0) is 14.8 Å². The monoisotopic (exact) mass is 548 g/mol. The Kier molecular flexibility index (Phi) is 7.66. The molecule has 8 nitrogen and oxygen atoms in total. The zero-order valence-electron chi connectivity index (χ0n) is 21.1. The number of rotatable bonds is 8. The molecule has 3 aromatic carbocycles. The van der Waals surface area contributed by atoms with Gasteiger partial charge in [0.25, 0.3) is 5.91 Å². The number of benzene rings is 3. The van der Waals surface area contributed by atoms with Gasteiger partial charge < -0.3 is 4.74 Å². The Hall–Kier alpha value is -3.44. The molecule has 5 rings (SSSR count). The van der Waals surface area contributed by atoms with Crippen molar-refractivity contribution in [3.05, 3.63) is 89.5 Å². The molecule has 2 heterocycles. The lowest BCUT2D eigenvalue weighted by Crippen LogP contribution is -2.34. The smallest absolute Gasteiger partial charge is 0.280 e. The van der Waals surface area contributed by atoms with Gasteiger partial charge in [-0.15, -0.1) is 0 Å². The predicted octanol–water partition coefficient (Wildman–Crippen LogP) is 5.09. The fraction of sp³-hybridized carbons (Fsp3) is 0.250. The minimum absolute atomic E-state index is 0.0933. The van der Waals surface area contributed by atoms with Gasteiger partial charge in [0.15, 0.2) is 0 Å². The molecule has 4 aromatic rings. The lowest BCUT2D eigenvalue weighted by Gasteiger charge is -2.20. The van der Waals surface area contributed by atoms with Crippen LogP contribution in [0.2, 0.25) is 0 Å². The minimum Gasteiger partial charge on any atom is -0.377 e. The number of ether oxygens (including phenoxy) is 1. The molecule has 0 aliphatic carbocycles. The Labute approximate surface area is 226 Å². The van der Waals surface area contributed by atoms with Crippen molar-refractivity contribution in [1.82, 2.24) is 9.29 Å². The van der Waals surface area contributed by atoms with Crippen LogP contribution in [0, 0.1) is 6.92 Å². The summed E-state index contributed by atoms with van der Waals surface area (Å²) in [6.07, 6.45) is 3.29. The number of thiazole rings is 1. The van der Waals surface area contributed by atoms with Gasteiger partial charge in [-0.1, -0.05) is 47.7 Å². The van der Waals surface area contributed by atoms with E-state index >= 15 is 0 Å². The highest BCUT2D eigenvalue weighted by Crippen LogP contribution is 2.31. The maximum Gasteiger partial charge on any atom is 0.280 e. The highest BCUT2D eigenvalue weighted by molar-refractivity contribution is 7.89. The molecule has 0 saturated carbocycles. The van der Waals surface area contributed by atoms with Gasteiger partial charge in [0.05, 0.1) is 27.4 Å². The first-order valence-electron chi connectivity index (χ1n) is 12.3. The number of carbonyl (C=O) groups excluding carboxylic acids is 1. The van der Waals surface area contributed by atoms with E-state index in [2.05, 4.69) is 10.1 Å². The first-order valence-corrected chi connectivity index (χ1v) is 14.6. The number of anilines is 1. The van der Waals surface area contributed by atoms with E-state index in [0.717, 1.165) is 34.2 Å². The summed E-state index contributed by atoms with van der Waals surface area (Å²) in [7, 11) is -2.17. The molecule has 1 fully saturated rings. The topological polar surface area (TPSA) is 92.2 Å². The molecule has 0 bridgehead atoms. The summed E-state index contributed by atoms with van der Waals surface area (Å²) >= 11 is 1.37. The van der Waals surface area contributed by atoms with E-state index < -0.39 is 15.9 Å². The maximum absolute atomic E-state index is 13.6. The molecule has 1 saturated heterocycles. The SMILES string of the molecule is Cc1ccc2nc(N(/N=C/c3ccccc3)C(=O)c3ccc(S(=O)(=O)N(C)CC4CCCO4)cc3)sc2c1. The van der Waals surface area contributed by atoms with Crippen molar-refractivity contribution in [2.24, 2.45) is 5.10 Å². The number of amides is 1. The fourth-order valence-electron chi connectivity index (χ4n) is 4.21. The van der Waals surface area contributed by atoms with Crippen LogP contribution in [-0.4, -0.2) is 56.1 Å². The number of fused-ring (bicyclic) bond motifs is 1. The predicted molar refractivity (Wildman–Crippen MR) is 150 cm³/mol. The van der Waals surface area contributed by atoms with Gasteiger partial charge in [-0.05, 0) is 67.3 Å². The van der Waals surface area contributed by atoms with Gasteiger partial charge >= 0.3 is 0 Å². The van der Waals surface area contributed by atoms with Crippen LogP contribution in [0.1, 0.15) is 34.3 Å². The lowest BCUT2D eigenvalue weighted by molar-refractivity contribution is 0.0978. The Balaban J connectivity index is 1.43. The Bertz CT molecular complexity index is 1560. The third-order valence-corrected chi connectivity index (χ3v) is 9.15. The van der Waals surface area contributed by atoms with E-state index in [9.17, 15) is 13.2 Å². The molecule has 1 unspecified atom stereocenters. The fourth-order valence-corrected chi connectivity index (χ4v) is 6.43. The summed E-state index contributed by atoms with van der Waals surface area (Å²) in [6, 6.07) is 21.3. The van der Waals surface area contributed by atoms with Crippen molar-refractivity contribution in [3.8, 4) is 0 Å². The van der Waals surface area contributed by atoms with E-state index in [1.54, 1.807) is 13.3 Å². The van der Waals surface area contributed by atoms with Gasteiger partial charge in [0, 0.05) is 25.8 Å². The molecule has 0 spiro atoms. The van der Waals surface area contributed by atoms with Crippen molar-refractivity contribution in [3.63, 3.8) is 0 Å². The summed E-state index contributed by atoms with van der Waals surface area (Å²) in [5.41, 5.74) is 3.00. The lowest BCUT2D eigenvalue weighted by atomic mass is 10.2. The molecule has 1 atom stereocenters. The van der Waals surface area contributed by atoms with Crippen LogP contribution >= 0.6 is 11.3 Å². The highest BCUT2D eigenvalue weighted by Gasteiger charge is 2.27. The number of carbonyl (C=O) groups is 1. The number of hydrazone groups is 1. The van der Waals surface area contributed by atoms with Crippen molar-refractivity contribution in [2.45, 2.75) is 30.8 Å². The first-order chi connectivity index (χ1) is 18.3. The molecule has 1 aromatic heterocycles. The van der Waals surface area contributed by atoms with Crippen LogP contribution in [0.5, 0.6) is 0 Å². The van der Waals surface area contributed by atoms with Gasteiger partial charge in [-0.3, -0.25) is 4.79 Å². The first kappa shape index (κ1) is 26.2. The summed E-state index contributed by atoms with van der Waals surface area (Å²) in [5.74, 6) is -0.412. The number of aromatic nitrogens is 1. The summed E-state index contributed by atoms with van der Waals surface area (Å²) in [5, 5.41) is 6.17. The Morgan fingerprint density at radius 2 is 1.89 bits per heavy atom. The van der Waals surface area contributed by atoms with Crippen LogP contribution < -0.4 is 5.01 Å². The van der Waals surface area contributed by atoms with Gasteiger partial charge in [-0.25, -0.2) is 13.4 Å².